The first-order valence-electron chi connectivity index (χ1n) is 7.30. The number of piperidine rings is 1. The quantitative estimate of drug-likeness (QED) is 0.782. The van der Waals surface area contributed by atoms with Crippen molar-refractivity contribution in [3.05, 3.63) is 23.9 Å². The van der Waals surface area contributed by atoms with Crippen LogP contribution < -0.4 is 4.90 Å². The van der Waals surface area contributed by atoms with Crippen molar-refractivity contribution in [2.45, 2.75) is 38.1 Å². The molecule has 19 heavy (non-hydrogen) atoms. The van der Waals surface area contributed by atoms with Gasteiger partial charge in [0.1, 0.15) is 5.82 Å². The summed E-state index contributed by atoms with van der Waals surface area (Å²) >= 11 is 0. The molecule has 0 unspecified atom stereocenters. The summed E-state index contributed by atoms with van der Waals surface area (Å²) in [5.74, 6) is 1.08. The molecule has 0 radical (unpaired) electrons. The van der Waals surface area contributed by atoms with Crippen molar-refractivity contribution < 1.29 is 4.79 Å². The number of carbonyl (C=O) groups excluding carboxylic acids is 1. The van der Waals surface area contributed by atoms with Crippen molar-refractivity contribution in [3.8, 4) is 0 Å². The minimum Gasteiger partial charge on any atom is -0.357 e. The van der Waals surface area contributed by atoms with E-state index < -0.39 is 0 Å². The number of carbonyl (C=O) groups is 1. The van der Waals surface area contributed by atoms with Gasteiger partial charge in [0.15, 0.2) is 0 Å². The Kier molecular flexibility index (Phi) is 3.67. The van der Waals surface area contributed by atoms with E-state index >= 15 is 0 Å². The van der Waals surface area contributed by atoms with Crippen LogP contribution in [0.25, 0.3) is 0 Å². The smallest absolute Gasteiger partial charge is 0.210 e. The fourth-order valence-corrected chi connectivity index (χ4v) is 3.18. The summed E-state index contributed by atoms with van der Waals surface area (Å²) in [6.07, 6.45) is 8.95. The summed E-state index contributed by atoms with van der Waals surface area (Å²) in [6, 6.07) is 4.49. The highest BCUT2D eigenvalue weighted by Crippen LogP contribution is 2.30. The first-order chi connectivity index (χ1) is 9.38. The molecule has 0 spiro atoms. The third kappa shape index (κ3) is 2.57. The second-order valence-electron chi connectivity index (χ2n) is 5.50. The van der Waals surface area contributed by atoms with Crippen LogP contribution >= 0.6 is 0 Å². The van der Waals surface area contributed by atoms with E-state index in [1.807, 2.05) is 11.1 Å². The summed E-state index contributed by atoms with van der Waals surface area (Å²) in [5.41, 5.74) is 1.17. The van der Waals surface area contributed by atoms with Gasteiger partial charge in [0.25, 0.3) is 0 Å². The molecule has 0 saturated carbocycles. The van der Waals surface area contributed by atoms with Gasteiger partial charge in [-0.15, -0.1) is 0 Å². The first-order valence-corrected chi connectivity index (χ1v) is 7.30. The Balaban J connectivity index is 1.73. The van der Waals surface area contributed by atoms with Gasteiger partial charge in [-0.25, -0.2) is 4.98 Å². The highest BCUT2D eigenvalue weighted by atomic mass is 16.1. The third-order valence-corrected chi connectivity index (χ3v) is 4.27. The van der Waals surface area contributed by atoms with Crippen LogP contribution in [-0.4, -0.2) is 35.9 Å². The van der Waals surface area contributed by atoms with E-state index in [4.69, 9.17) is 0 Å². The first kappa shape index (κ1) is 12.5. The maximum absolute atomic E-state index is 11.0. The third-order valence-electron chi connectivity index (χ3n) is 4.27. The Hall–Kier alpha value is -1.58. The molecular formula is C15H21N3O. The van der Waals surface area contributed by atoms with Gasteiger partial charge in [0.05, 0.1) is 6.04 Å². The topological polar surface area (TPSA) is 36.4 Å². The molecule has 3 rings (SSSR count). The van der Waals surface area contributed by atoms with E-state index in [0.29, 0.717) is 0 Å². The van der Waals surface area contributed by atoms with Crippen LogP contribution in [0.2, 0.25) is 0 Å². The van der Waals surface area contributed by atoms with E-state index in [1.54, 1.807) is 0 Å². The van der Waals surface area contributed by atoms with Crippen molar-refractivity contribution >= 4 is 12.2 Å². The molecule has 4 heteroatoms. The molecule has 102 valence electrons. The number of aromatic nitrogens is 1. The molecule has 0 aromatic carbocycles. The molecule has 1 aromatic heterocycles. The molecule has 1 atom stereocenters. The molecule has 3 heterocycles. The summed E-state index contributed by atoms with van der Waals surface area (Å²) in [4.78, 5) is 19.8. The predicted molar refractivity (Wildman–Crippen MR) is 75.0 cm³/mol. The summed E-state index contributed by atoms with van der Waals surface area (Å²) in [6.45, 7) is 3.12. The zero-order valence-corrected chi connectivity index (χ0v) is 11.3. The lowest BCUT2D eigenvalue weighted by Gasteiger charge is -2.28. The molecule has 2 aliphatic heterocycles. The van der Waals surface area contributed by atoms with E-state index in [9.17, 15) is 4.79 Å². The Labute approximate surface area is 114 Å². The fraction of sp³-hybridized carbons (Fsp3) is 0.600. The van der Waals surface area contributed by atoms with Crippen molar-refractivity contribution in [1.82, 2.24) is 9.88 Å². The zero-order chi connectivity index (χ0) is 13.1. The number of likely N-dealkylation sites (tertiary alicyclic amines) is 1. The second-order valence-corrected chi connectivity index (χ2v) is 5.50. The van der Waals surface area contributed by atoms with Gasteiger partial charge in [-0.05, 0) is 43.7 Å². The number of hydrogen-bond donors (Lipinski definition) is 0. The molecule has 0 N–H and O–H groups in total. The number of pyridine rings is 1. The molecule has 1 amide bonds. The normalized spacial score (nSPS) is 23.7. The monoisotopic (exact) mass is 259 g/mol. The van der Waals surface area contributed by atoms with Crippen LogP contribution in [-0.2, 0) is 4.79 Å². The van der Waals surface area contributed by atoms with Gasteiger partial charge in [0, 0.05) is 25.8 Å². The highest BCUT2D eigenvalue weighted by molar-refractivity contribution is 5.50. The highest BCUT2D eigenvalue weighted by Gasteiger charge is 2.25. The molecule has 2 aliphatic rings. The van der Waals surface area contributed by atoms with Crippen LogP contribution in [0.5, 0.6) is 0 Å². The van der Waals surface area contributed by atoms with Gasteiger partial charge < -0.3 is 9.80 Å². The van der Waals surface area contributed by atoms with Crippen molar-refractivity contribution in [2.24, 2.45) is 0 Å². The minimum absolute atomic E-state index is 0.236. The minimum atomic E-state index is 0.236. The summed E-state index contributed by atoms with van der Waals surface area (Å²) in [5, 5.41) is 0. The van der Waals surface area contributed by atoms with Crippen LogP contribution in [0, 0.1) is 0 Å². The average molecular weight is 259 g/mol. The largest absolute Gasteiger partial charge is 0.357 e. The van der Waals surface area contributed by atoms with Crippen LogP contribution in [0.15, 0.2) is 18.3 Å². The molecular weight excluding hydrogens is 238 g/mol. The average Bonchev–Trinajstić information content (AvgIpc) is 2.97. The standard InChI is InChI=1S/C15H21N3O/c19-12-18-10-4-5-14(18)13-6-7-15(16-11-13)17-8-2-1-3-9-17/h6-7,11-12,14H,1-5,8-10H2/t14-/m0/s1. The number of nitrogens with zero attached hydrogens (tertiary/aromatic N) is 3. The van der Waals surface area contributed by atoms with Gasteiger partial charge >= 0.3 is 0 Å². The van der Waals surface area contributed by atoms with Crippen molar-refractivity contribution in [3.63, 3.8) is 0 Å². The number of anilines is 1. The van der Waals surface area contributed by atoms with Crippen LogP contribution in [0.3, 0.4) is 0 Å². The number of amides is 1. The Morgan fingerprint density at radius 1 is 1.11 bits per heavy atom. The van der Waals surface area contributed by atoms with Gasteiger partial charge in [0.2, 0.25) is 6.41 Å². The van der Waals surface area contributed by atoms with Crippen LogP contribution in [0.1, 0.15) is 43.7 Å². The second kappa shape index (κ2) is 5.59. The van der Waals surface area contributed by atoms with Crippen molar-refractivity contribution in [2.75, 3.05) is 24.5 Å². The number of rotatable bonds is 3. The maximum Gasteiger partial charge on any atom is 0.210 e. The lowest BCUT2D eigenvalue weighted by atomic mass is 10.1. The Morgan fingerprint density at radius 3 is 2.63 bits per heavy atom. The zero-order valence-electron chi connectivity index (χ0n) is 11.3. The van der Waals surface area contributed by atoms with Crippen LogP contribution in [0.4, 0.5) is 5.82 Å². The van der Waals surface area contributed by atoms with Crippen molar-refractivity contribution in [1.29, 1.82) is 0 Å². The summed E-state index contributed by atoms with van der Waals surface area (Å²) < 4.78 is 0. The van der Waals surface area contributed by atoms with E-state index in [2.05, 4.69) is 22.0 Å². The molecule has 0 bridgehead atoms. The Bertz CT molecular complexity index is 426. The summed E-state index contributed by atoms with van der Waals surface area (Å²) in [7, 11) is 0. The maximum atomic E-state index is 11.0. The lowest BCUT2D eigenvalue weighted by Crippen LogP contribution is -2.30. The fourth-order valence-electron chi connectivity index (χ4n) is 3.18. The molecule has 0 aliphatic carbocycles. The van der Waals surface area contributed by atoms with Gasteiger partial charge in [-0.2, -0.15) is 0 Å². The molecule has 4 nitrogen and oxygen atoms in total. The predicted octanol–water partition coefficient (Wildman–Crippen LogP) is 2.37. The molecule has 2 saturated heterocycles. The van der Waals surface area contributed by atoms with E-state index in [0.717, 1.165) is 44.7 Å². The molecule has 2 fully saturated rings. The Morgan fingerprint density at radius 2 is 1.95 bits per heavy atom. The van der Waals surface area contributed by atoms with E-state index in [1.165, 1.54) is 24.8 Å². The van der Waals surface area contributed by atoms with Gasteiger partial charge in [-0.1, -0.05) is 6.07 Å². The lowest BCUT2D eigenvalue weighted by molar-refractivity contribution is -0.118. The molecule has 1 aromatic rings. The number of hydrogen-bond acceptors (Lipinski definition) is 3. The van der Waals surface area contributed by atoms with Gasteiger partial charge in [-0.3, -0.25) is 4.79 Å². The SMILES string of the molecule is O=CN1CCC[C@H]1c1ccc(N2CCCCC2)nc1. The van der Waals surface area contributed by atoms with E-state index in [-0.39, 0.29) is 6.04 Å².